The number of amides is 2. The van der Waals surface area contributed by atoms with Gasteiger partial charge in [0.25, 0.3) is 0 Å². The number of nitrogens with zero attached hydrogens (tertiary/aromatic N) is 1. The second kappa shape index (κ2) is 7.70. The van der Waals surface area contributed by atoms with Crippen molar-refractivity contribution in [3.8, 4) is 0 Å². The molecule has 0 saturated carbocycles. The number of carbonyl (C=O) groups excluding carboxylic acids is 2. The molecule has 0 unspecified atom stereocenters. The third kappa shape index (κ3) is 4.20. The van der Waals surface area contributed by atoms with Gasteiger partial charge in [0.15, 0.2) is 0 Å². The molecule has 0 aliphatic carbocycles. The van der Waals surface area contributed by atoms with Gasteiger partial charge in [-0.2, -0.15) is 0 Å². The summed E-state index contributed by atoms with van der Waals surface area (Å²) in [7, 11) is 0. The predicted octanol–water partition coefficient (Wildman–Crippen LogP) is 3.82. The molecule has 1 aliphatic rings. The largest absolute Gasteiger partial charge is 0.338 e. The molecular formula is C20H21ClN2O2. The maximum atomic E-state index is 12.3. The van der Waals surface area contributed by atoms with Crippen molar-refractivity contribution in [2.24, 2.45) is 0 Å². The molecule has 0 radical (unpaired) electrons. The van der Waals surface area contributed by atoms with Gasteiger partial charge in [-0.05, 0) is 41.3 Å². The van der Waals surface area contributed by atoms with Crippen LogP contribution in [0.1, 0.15) is 30.0 Å². The average molecular weight is 357 g/mol. The highest BCUT2D eigenvalue weighted by atomic mass is 35.5. The number of anilines is 1. The van der Waals surface area contributed by atoms with Gasteiger partial charge in [-0.3, -0.25) is 9.59 Å². The van der Waals surface area contributed by atoms with Gasteiger partial charge in [0.2, 0.25) is 11.8 Å². The topological polar surface area (TPSA) is 49.4 Å². The molecule has 4 nitrogen and oxygen atoms in total. The molecule has 25 heavy (non-hydrogen) atoms. The summed E-state index contributed by atoms with van der Waals surface area (Å²) >= 11 is 6.11. The Bertz CT molecular complexity index is 804. The molecule has 0 aromatic heterocycles. The summed E-state index contributed by atoms with van der Waals surface area (Å²) in [5, 5.41) is 3.52. The molecule has 1 N–H and O–H groups in total. The zero-order chi connectivity index (χ0) is 17.8. The van der Waals surface area contributed by atoms with Crippen LogP contribution in [0.25, 0.3) is 0 Å². The van der Waals surface area contributed by atoms with Crippen LogP contribution in [0.3, 0.4) is 0 Å². The van der Waals surface area contributed by atoms with Gasteiger partial charge in [-0.15, -0.1) is 0 Å². The number of carbonyl (C=O) groups is 2. The Hall–Kier alpha value is -2.33. The van der Waals surface area contributed by atoms with E-state index < -0.39 is 0 Å². The molecule has 1 heterocycles. The third-order valence-corrected chi connectivity index (χ3v) is 4.84. The molecule has 5 heteroatoms. The van der Waals surface area contributed by atoms with Gasteiger partial charge in [-0.25, -0.2) is 0 Å². The summed E-state index contributed by atoms with van der Waals surface area (Å²) in [6.45, 7) is 3.25. The summed E-state index contributed by atoms with van der Waals surface area (Å²) < 4.78 is 0. The summed E-state index contributed by atoms with van der Waals surface area (Å²) in [5.41, 5.74) is 3.90. The van der Waals surface area contributed by atoms with E-state index in [-0.39, 0.29) is 18.2 Å². The first-order chi connectivity index (χ1) is 12.1. The molecule has 1 aliphatic heterocycles. The number of hydrogen-bond donors (Lipinski definition) is 1. The lowest BCUT2D eigenvalue weighted by atomic mass is 9.98. The van der Waals surface area contributed by atoms with E-state index in [0.29, 0.717) is 18.0 Å². The maximum absolute atomic E-state index is 12.3. The molecule has 3 rings (SSSR count). The average Bonchev–Trinajstić information content (AvgIpc) is 2.62. The van der Waals surface area contributed by atoms with Crippen LogP contribution in [0.5, 0.6) is 0 Å². The number of benzene rings is 2. The van der Waals surface area contributed by atoms with Crippen molar-refractivity contribution in [1.82, 2.24) is 4.90 Å². The second-order valence-electron chi connectivity index (χ2n) is 6.22. The standard InChI is InChI=1S/C20H21ClN2O2/c1-2-20(25)23-10-9-14-7-8-17(11-16(14)13-23)22-19(24)12-15-5-3-4-6-18(15)21/h3-8,11H,2,9-10,12-13H2,1H3,(H,22,24). The fourth-order valence-corrected chi connectivity index (χ4v) is 3.29. The van der Waals surface area contributed by atoms with Gasteiger partial charge in [0.1, 0.15) is 0 Å². The van der Waals surface area contributed by atoms with E-state index in [1.807, 2.05) is 48.2 Å². The van der Waals surface area contributed by atoms with Crippen LogP contribution in [0.4, 0.5) is 5.69 Å². The molecule has 2 aromatic rings. The summed E-state index contributed by atoms with van der Waals surface area (Å²) in [5.74, 6) is 0.0594. The Balaban J connectivity index is 1.69. The van der Waals surface area contributed by atoms with Gasteiger partial charge in [0, 0.05) is 30.2 Å². The fraction of sp³-hybridized carbons (Fsp3) is 0.300. The van der Waals surface area contributed by atoms with Crippen molar-refractivity contribution in [2.75, 3.05) is 11.9 Å². The number of halogens is 1. The number of hydrogen-bond acceptors (Lipinski definition) is 2. The van der Waals surface area contributed by atoms with Crippen molar-refractivity contribution in [2.45, 2.75) is 32.7 Å². The van der Waals surface area contributed by atoms with E-state index in [9.17, 15) is 9.59 Å². The molecule has 2 aromatic carbocycles. The molecule has 130 valence electrons. The third-order valence-electron chi connectivity index (χ3n) is 4.47. The van der Waals surface area contributed by atoms with Crippen molar-refractivity contribution in [3.05, 3.63) is 64.2 Å². The molecule has 2 amide bonds. The summed E-state index contributed by atoms with van der Waals surface area (Å²) in [6, 6.07) is 13.3. The van der Waals surface area contributed by atoms with Crippen LogP contribution in [-0.2, 0) is 29.0 Å². The van der Waals surface area contributed by atoms with E-state index in [1.54, 1.807) is 6.07 Å². The normalized spacial score (nSPS) is 13.3. The van der Waals surface area contributed by atoms with Crippen LogP contribution < -0.4 is 5.32 Å². The first-order valence-corrected chi connectivity index (χ1v) is 8.87. The van der Waals surface area contributed by atoms with E-state index in [2.05, 4.69) is 5.32 Å². The summed E-state index contributed by atoms with van der Waals surface area (Å²) in [4.78, 5) is 26.1. The van der Waals surface area contributed by atoms with Crippen molar-refractivity contribution in [3.63, 3.8) is 0 Å². The van der Waals surface area contributed by atoms with E-state index in [0.717, 1.165) is 29.8 Å². The van der Waals surface area contributed by atoms with Crippen LogP contribution in [0, 0.1) is 0 Å². The lowest BCUT2D eigenvalue weighted by molar-refractivity contribution is -0.131. The minimum atomic E-state index is -0.106. The van der Waals surface area contributed by atoms with Gasteiger partial charge in [-0.1, -0.05) is 42.8 Å². The zero-order valence-electron chi connectivity index (χ0n) is 14.2. The Morgan fingerprint density at radius 2 is 1.96 bits per heavy atom. The fourth-order valence-electron chi connectivity index (χ4n) is 3.09. The number of rotatable bonds is 4. The molecule has 0 bridgehead atoms. The van der Waals surface area contributed by atoms with Crippen molar-refractivity contribution < 1.29 is 9.59 Å². The second-order valence-corrected chi connectivity index (χ2v) is 6.63. The SMILES string of the molecule is CCC(=O)N1CCc2ccc(NC(=O)Cc3ccccc3Cl)cc2C1. The van der Waals surface area contributed by atoms with Gasteiger partial charge in [0.05, 0.1) is 6.42 Å². The molecule has 0 spiro atoms. The van der Waals surface area contributed by atoms with E-state index in [1.165, 1.54) is 5.56 Å². The van der Waals surface area contributed by atoms with Crippen LogP contribution in [-0.4, -0.2) is 23.3 Å². The first kappa shape index (κ1) is 17.5. The quantitative estimate of drug-likeness (QED) is 0.905. The highest BCUT2D eigenvalue weighted by Gasteiger charge is 2.20. The van der Waals surface area contributed by atoms with E-state index in [4.69, 9.17) is 11.6 Å². The Kier molecular flexibility index (Phi) is 5.39. The molecular weight excluding hydrogens is 336 g/mol. The molecule has 0 saturated heterocycles. The summed E-state index contributed by atoms with van der Waals surface area (Å²) in [6.07, 6.45) is 1.61. The maximum Gasteiger partial charge on any atom is 0.228 e. The van der Waals surface area contributed by atoms with E-state index >= 15 is 0 Å². The minimum Gasteiger partial charge on any atom is -0.338 e. The molecule has 0 fully saturated rings. The minimum absolute atomic E-state index is 0.106. The zero-order valence-corrected chi connectivity index (χ0v) is 15.0. The highest BCUT2D eigenvalue weighted by Crippen LogP contribution is 2.23. The Labute approximate surface area is 152 Å². The van der Waals surface area contributed by atoms with Crippen LogP contribution >= 0.6 is 11.6 Å². The first-order valence-electron chi connectivity index (χ1n) is 8.49. The lowest BCUT2D eigenvalue weighted by Gasteiger charge is -2.29. The van der Waals surface area contributed by atoms with Crippen molar-refractivity contribution >= 4 is 29.1 Å². The smallest absolute Gasteiger partial charge is 0.228 e. The monoisotopic (exact) mass is 356 g/mol. The van der Waals surface area contributed by atoms with Gasteiger partial charge < -0.3 is 10.2 Å². The van der Waals surface area contributed by atoms with Gasteiger partial charge >= 0.3 is 0 Å². The Morgan fingerprint density at radius 3 is 2.72 bits per heavy atom. The van der Waals surface area contributed by atoms with Crippen molar-refractivity contribution in [1.29, 1.82) is 0 Å². The molecule has 0 atom stereocenters. The van der Waals surface area contributed by atoms with Crippen LogP contribution in [0.15, 0.2) is 42.5 Å². The lowest BCUT2D eigenvalue weighted by Crippen LogP contribution is -2.35. The Morgan fingerprint density at radius 1 is 1.16 bits per heavy atom. The highest BCUT2D eigenvalue weighted by molar-refractivity contribution is 6.31. The number of fused-ring (bicyclic) bond motifs is 1. The predicted molar refractivity (Wildman–Crippen MR) is 99.6 cm³/mol. The van der Waals surface area contributed by atoms with Crippen LogP contribution in [0.2, 0.25) is 5.02 Å². The number of nitrogens with one attached hydrogen (secondary N) is 1.